The van der Waals surface area contributed by atoms with Gasteiger partial charge in [0.25, 0.3) is 5.91 Å². The summed E-state index contributed by atoms with van der Waals surface area (Å²) in [7, 11) is 0. The van der Waals surface area contributed by atoms with Gasteiger partial charge in [0.2, 0.25) is 11.9 Å². The van der Waals surface area contributed by atoms with Crippen LogP contribution < -0.4 is 10.6 Å². The van der Waals surface area contributed by atoms with E-state index in [0.29, 0.717) is 29.8 Å². The molecule has 3 aromatic rings. The maximum absolute atomic E-state index is 14.6. The summed E-state index contributed by atoms with van der Waals surface area (Å²) < 4.78 is 68.7. The molecule has 2 amide bonds. The quantitative estimate of drug-likeness (QED) is 0.353. The first-order valence-corrected chi connectivity index (χ1v) is 11.4. The van der Waals surface area contributed by atoms with Crippen molar-refractivity contribution < 1.29 is 31.5 Å². The van der Waals surface area contributed by atoms with Gasteiger partial charge in [-0.2, -0.15) is 22.0 Å². The van der Waals surface area contributed by atoms with E-state index in [-0.39, 0.29) is 50.7 Å². The van der Waals surface area contributed by atoms with Gasteiger partial charge in [-0.15, -0.1) is 5.10 Å². The Bertz CT molecular complexity index is 1270. The highest BCUT2D eigenvalue weighted by Gasteiger charge is 2.42. The number of unbranched alkanes of at least 4 members (excludes halogenated alkanes) is 1. The Hall–Kier alpha value is -3.91. The van der Waals surface area contributed by atoms with Gasteiger partial charge in [0.1, 0.15) is 5.52 Å². The molecule has 10 nitrogen and oxygen atoms in total. The van der Waals surface area contributed by atoms with Crippen molar-refractivity contribution >= 4 is 28.8 Å². The Morgan fingerprint density at radius 2 is 1.65 bits per heavy atom. The van der Waals surface area contributed by atoms with E-state index in [2.05, 4.69) is 20.3 Å². The Labute approximate surface area is 207 Å². The number of anilines is 1. The fraction of sp³-hybridized carbons (Fsp3) is 0.455. The number of hydrogen-bond donors (Lipinski definition) is 1. The van der Waals surface area contributed by atoms with Crippen LogP contribution in [0.2, 0.25) is 0 Å². The number of nitrogens with zero attached hydrogens (tertiary/aromatic N) is 7. The molecular weight excluding hydrogens is 503 g/mol. The van der Waals surface area contributed by atoms with Crippen LogP contribution in [0, 0.1) is 0 Å². The summed E-state index contributed by atoms with van der Waals surface area (Å²) in [6.45, 7) is 0.409. The minimum absolute atomic E-state index is 0.0358. The number of alkyl halides is 5. The molecule has 1 aliphatic heterocycles. The maximum Gasteiger partial charge on any atom is 0.419 e. The highest BCUT2D eigenvalue weighted by molar-refractivity contribution is 5.96. The Kier molecular flexibility index (Phi) is 7.23. The first-order valence-electron chi connectivity index (χ1n) is 11.4. The molecule has 1 aromatic carbocycles. The molecule has 1 fully saturated rings. The second-order valence-electron chi connectivity index (χ2n) is 8.59. The lowest BCUT2D eigenvalue weighted by atomic mass is 10.1. The number of aryl methyl sites for hydroxylation is 1. The van der Waals surface area contributed by atoms with Crippen LogP contribution in [0.4, 0.5) is 27.9 Å². The van der Waals surface area contributed by atoms with Crippen molar-refractivity contribution in [2.24, 2.45) is 5.73 Å². The van der Waals surface area contributed by atoms with E-state index >= 15 is 0 Å². The molecule has 4 rings (SSSR count). The lowest BCUT2D eigenvalue weighted by Crippen LogP contribution is -2.53. The molecule has 0 atom stereocenters. The van der Waals surface area contributed by atoms with Gasteiger partial charge in [0.05, 0.1) is 11.1 Å². The predicted octanol–water partition coefficient (Wildman–Crippen LogP) is 2.49. The van der Waals surface area contributed by atoms with E-state index in [1.807, 2.05) is 0 Å². The standard InChI is InChI=1S/C22H23F5N8O2/c23-21(24,5-1-2-6-35-17-11-14(18(28)36)3-4-16(17)31-32-35)19(37)33-7-9-34(10-8-33)20-29-12-15(13-30-20)22(25,26)27/h3-4,11-13H,1-2,5-10H2,(H2,28,36). The molecule has 198 valence electrons. The van der Waals surface area contributed by atoms with Crippen molar-refractivity contribution in [3.8, 4) is 0 Å². The van der Waals surface area contributed by atoms with Gasteiger partial charge in [-0.25, -0.2) is 14.6 Å². The number of carbonyl (C=O) groups excluding carboxylic acids is 2. The Balaban J connectivity index is 1.26. The summed E-state index contributed by atoms with van der Waals surface area (Å²) in [6, 6.07) is 4.65. The normalized spacial score (nSPS) is 14.8. The zero-order valence-corrected chi connectivity index (χ0v) is 19.5. The van der Waals surface area contributed by atoms with Crippen molar-refractivity contribution in [1.82, 2.24) is 29.9 Å². The zero-order valence-electron chi connectivity index (χ0n) is 19.5. The average molecular weight is 526 g/mol. The molecule has 1 aliphatic rings. The van der Waals surface area contributed by atoms with Gasteiger partial charge in [0.15, 0.2) is 0 Å². The molecule has 0 bridgehead atoms. The molecular formula is C22H23F5N8O2. The molecule has 0 saturated carbocycles. The number of aromatic nitrogens is 5. The molecule has 2 aromatic heterocycles. The molecule has 2 N–H and O–H groups in total. The van der Waals surface area contributed by atoms with E-state index in [1.54, 1.807) is 6.07 Å². The second-order valence-corrected chi connectivity index (χ2v) is 8.59. The highest BCUT2D eigenvalue weighted by atomic mass is 19.4. The smallest absolute Gasteiger partial charge is 0.366 e. The summed E-state index contributed by atoms with van der Waals surface area (Å²) in [4.78, 5) is 33.8. The molecule has 0 aliphatic carbocycles. The fourth-order valence-electron chi connectivity index (χ4n) is 3.97. The minimum Gasteiger partial charge on any atom is -0.366 e. The van der Waals surface area contributed by atoms with Gasteiger partial charge in [-0.05, 0) is 31.0 Å². The number of nitrogens with two attached hydrogens (primary N) is 1. The lowest BCUT2D eigenvalue weighted by molar-refractivity contribution is -0.158. The molecule has 1 saturated heterocycles. The number of carbonyl (C=O) groups is 2. The summed E-state index contributed by atoms with van der Waals surface area (Å²) in [5.74, 6) is -5.44. The van der Waals surface area contributed by atoms with E-state index in [1.165, 1.54) is 21.7 Å². The van der Waals surface area contributed by atoms with Crippen molar-refractivity contribution in [3.05, 3.63) is 41.7 Å². The van der Waals surface area contributed by atoms with E-state index in [0.717, 1.165) is 4.90 Å². The number of benzene rings is 1. The number of rotatable bonds is 8. The van der Waals surface area contributed by atoms with Crippen LogP contribution in [0.15, 0.2) is 30.6 Å². The number of fused-ring (bicyclic) bond motifs is 1. The number of primary amides is 1. The summed E-state index contributed by atoms with van der Waals surface area (Å²) in [5.41, 5.74) is 5.66. The third-order valence-corrected chi connectivity index (χ3v) is 6.04. The second kappa shape index (κ2) is 10.2. The van der Waals surface area contributed by atoms with Gasteiger partial charge < -0.3 is 15.5 Å². The molecule has 0 radical (unpaired) electrons. The third-order valence-electron chi connectivity index (χ3n) is 6.04. The van der Waals surface area contributed by atoms with Gasteiger partial charge in [0, 0.05) is 57.1 Å². The van der Waals surface area contributed by atoms with Crippen LogP contribution in [-0.4, -0.2) is 73.8 Å². The van der Waals surface area contributed by atoms with Crippen LogP contribution in [-0.2, 0) is 17.5 Å². The van der Waals surface area contributed by atoms with Gasteiger partial charge >= 0.3 is 12.1 Å². The summed E-state index contributed by atoms with van der Waals surface area (Å²) in [5, 5.41) is 7.94. The van der Waals surface area contributed by atoms with E-state index in [9.17, 15) is 31.5 Å². The van der Waals surface area contributed by atoms with E-state index < -0.39 is 35.9 Å². The summed E-state index contributed by atoms with van der Waals surface area (Å²) in [6.07, 6.45) is -3.57. The first kappa shape index (κ1) is 26.2. The van der Waals surface area contributed by atoms with Crippen LogP contribution in [0.5, 0.6) is 0 Å². The number of halogens is 5. The molecule has 0 unspecified atom stereocenters. The number of amides is 2. The topological polar surface area (TPSA) is 123 Å². The van der Waals surface area contributed by atoms with E-state index in [4.69, 9.17) is 5.73 Å². The SMILES string of the molecule is NC(=O)c1ccc2nnn(CCCCC(F)(F)C(=O)N3CCN(c4ncc(C(F)(F)F)cn4)CC3)c2c1. The third kappa shape index (κ3) is 5.91. The largest absolute Gasteiger partial charge is 0.419 e. The van der Waals surface area contributed by atoms with Crippen LogP contribution in [0.1, 0.15) is 35.2 Å². The Morgan fingerprint density at radius 3 is 2.27 bits per heavy atom. The van der Waals surface area contributed by atoms with Crippen LogP contribution in [0.3, 0.4) is 0 Å². The molecule has 0 spiro atoms. The Morgan fingerprint density at radius 1 is 0.973 bits per heavy atom. The number of piperazine rings is 1. The van der Waals surface area contributed by atoms with Gasteiger partial charge in [-0.3, -0.25) is 9.59 Å². The molecule has 15 heteroatoms. The van der Waals surface area contributed by atoms with Crippen LogP contribution >= 0.6 is 0 Å². The fourth-order valence-corrected chi connectivity index (χ4v) is 3.97. The molecule has 3 heterocycles. The lowest BCUT2D eigenvalue weighted by Gasteiger charge is -2.36. The van der Waals surface area contributed by atoms with Crippen molar-refractivity contribution in [1.29, 1.82) is 0 Å². The first-order chi connectivity index (χ1) is 17.5. The van der Waals surface area contributed by atoms with Crippen molar-refractivity contribution in [3.63, 3.8) is 0 Å². The molecule has 37 heavy (non-hydrogen) atoms. The highest BCUT2D eigenvalue weighted by Crippen LogP contribution is 2.29. The average Bonchev–Trinajstić information content (AvgIpc) is 3.28. The maximum atomic E-state index is 14.6. The summed E-state index contributed by atoms with van der Waals surface area (Å²) >= 11 is 0. The number of hydrogen-bond acceptors (Lipinski definition) is 7. The monoisotopic (exact) mass is 526 g/mol. The minimum atomic E-state index is -4.56. The van der Waals surface area contributed by atoms with Crippen molar-refractivity contribution in [2.75, 3.05) is 31.1 Å². The predicted molar refractivity (Wildman–Crippen MR) is 121 cm³/mol. The van der Waals surface area contributed by atoms with Crippen LogP contribution in [0.25, 0.3) is 11.0 Å². The van der Waals surface area contributed by atoms with Gasteiger partial charge in [-0.1, -0.05) is 5.21 Å². The van der Waals surface area contributed by atoms with Crippen molar-refractivity contribution in [2.45, 2.75) is 37.9 Å². The zero-order chi connectivity index (χ0) is 26.8.